The van der Waals surface area contributed by atoms with E-state index in [-0.39, 0.29) is 23.6 Å². The molecule has 1 heterocycles. The third-order valence-electron chi connectivity index (χ3n) is 2.80. The highest BCUT2D eigenvalue weighted by molar-refractivity contribution is 5.51. The molecular formula is C13H12N4O3. The van der Waals surface area contributed by atoms with Crippen molar-refractivity contribution in [1.29, 1.82) is 5.26 Å². The quantitative estimate of drug-likeness (QED) is 0.613. The molecule has 0 aliphatic carbocycles. The molecule has 7 nitrogen and oxygen atoms in total. The summed E-state index contributed by atoms with van der Waals surface area (Å²) >= 11 is 0. The lowest BCUT2D eigenvalue weighted by atomic mass is 10.2. The molecule has 20 heavy (non-hydrogen) atoms. The fourth-order valence-corrected chi connectivity index (χ4v) is 1.75. The third kappa shape index (κ3) is 2.92. The van der Waals surface area contributed by atoms with Crippen LogP contribution in [0.15, 0.2) is 30.6 Å². The van der Waals surface area contributed by atoms with Crippen LogP contribution in [0.3, 0.4) is 0 Å². The number of aryl methyl sites for hydroxylation is 1. The molecule has 0 aliphatic heterocycles. The minimum atomic E-state index is -0.557. The molecular weight excluding hydrogens is 260 g/mol. The van der Waals surface area contributed by atoms with Crippen LogP contribution >= 0.6 is 0 Å². The predicted molar refractivity (Wildman–Crippen MR) is 70.3 cm³/mol. The van der Waals surface area contributed by atoms with Crippen LogP contribution in [-0.2, 0) is 6.54 Å². The van der Waals surface area contributed by atoms with Gasteiger partial charge in [-0.25, -0.2) is 4.98 Å². The second-order valence-electron chi connectivity index (χ2n) is 4.07. The Hall–Kier alpha value is -2.88. The number of nitrogens with zero attached hydrogens (tertiary/aromatic N) is 4. The summed E-state index contributed by atoms with van der Waals surface area (Å²) in [7, 11) is 0. The highest BCUT2D eigenvalue weighted by atomic mass is 16.6. The average Bonchev–Trinajstić information content (AvgIpc) is 2.84. The molecule has 102 valence electrons. The minimum absolute atomic E-state index is 0.159. The van der Waals surface area contributed by atoms with E-state index in [0.29, 0.717) is 6.54 Å². The number of nitro groups is 1. The molecule has 0 saturated carbocycles. The van der Waals surface area contributed by atoms with Crippen LogP contribution in [0, 0.1) is 28.4 Å². The van der Waals surface area contributed by atoms with E-state index in [0.717, 1.165) is 5.82 Å². The summed E-state index contributed by atoms with van der Waals surface area (Å²) in [4.78, 5) is 14.5. The summed E-state index contributed by atoms with van der Waals surface area (Å²) in [5.74, 6) is 1.01. The van der Waals surface area contributed by atoms with Crippen LogP contribution in [0.5, 0.6) is 5.75 Å². The zero-order chi connectivity index (χ0) is 14.5. The van der Waals surface area contributed by atoms with Crippen LogP contribution < -0.4 is 4.74 Å². The van der Waals surface area contributed by atoms with E-state index in [4.69, 9.17) is 10.00 Å². The van der Waals surface area contributed by atoms with Crippen LogP contribution in [0.1, 0.15) is 11.4 Å². The molecule has 0 aliphatic rings. The number of imidazole rings is 1. The normalized spacial score (nSPS) is 10.0. The molecule has 0 N–H and O–H groups in total. The van der Waals surface area contributed by atoms with E-state index in [1.165, 1.54) is 18.2 Å². The van der Waals surface area contributed by atoms with E-state index in [9.17, 15) is 10.1 Å². The van der Waals surface area contributed by atoms with Gasteiger partial charge in [0.25, 0.3) is 0 Å². The smallest absolute Gasteiger partial charge is 0.312 e. The average molecular weight is 272 g/mol. The van der Waals surface area contributed by atoms with Crippen molar-refractivity contribution in [2.45, 2.75) is 13.5 Å². The number of benzene rings is 1. The van der Waals surface area contributed by atoms with E-state index in [1.807, 2.05) is 23.8 Å². The molecule has 0 atom stereocenters. The lowest BCUT2D eigenvalue weighted by molar-refractivity contribution is -0.385. The maximum Gasteiger partial charge on any atom is 0.312 e. The highest BCUT2D eigenvalue weighted by Gasteiger charge is 2.16. The van der Waals surface area contributed by atoms with Crippen LogP contribution in [0.4, 0.5) is 5.69 Å². The molecule has 2 rings (SSSR count). The number of ether oxygens (including phenoxy) is 1. The summed E-state index contributed by atoms with van der Waals surface area (Å²) in [6.45, 7) is 2.69. The van der Waals surface area contributed by atoms with Gasteiger partial charge in [0, 0.05) is 18.5 Å². The van der Waals surface area contributed by atoms with Crippen molar-refractivity contribution in [2.24, 2.45) is 0 Å². The van der Waals surface area contributed by atoms with Gasteiger partial charge in [-0.15, -0.1) is 0 Å². The largest absolute Gasteiger partial charge is 0.485 e. The van der Waals surface area contributed by atoms with Gasteiger partial charge in [-0.05, 0) is 19.1 Å². The first kappa shape index (κ1) is 13.5. The van der Waals surface area contributed by atoms with Crippen molar-refractivity contribution in [3.63, 3.8) is 0 Å². The Morgan fingerprint density at radius 1 is 1.55 bits per heavy atom. The van der Waals surface area contributed by atoms with Crippen molar-refractivity contribution in [3.8, 4) is 11.8 Å². The molecule has 0 radical (unpaired) electrons. The number of aromatic nitrogens is 2. The molecule has 0 bridgehead atoms. The predicted octanol–water partition coefficient (Wildman–Crippen LogP) is 2.05. The Bertz CT molecular complexity index is 672. The van der Waals surface area contributed by atoms with E-state index < -0.39 is 4.92 Å². The molecule has 0 fully saturated rings. The molecule has 7 heteroatoms. The second kappa shape index (κ2) is 5.84. The molecule has 0 unspecified atom stereocenters. The van der Waals surface area contributed by atoms with Crippen LogP contribution in [0.25, 0.3) is 0 Å². The zero-order valence-electron chi connectivity index (χ0n) is 10.8. The Morgan fingerprint density at radius 3 is 2.95 bits per heavy atom. The fourth-order valence-electron chi connectivity index (χ4n) is 1.75. The van der Waals surface area contributed by atoms with Gasteiger partial charge in [-0.2, -0.15) is 5.26 Å². The second-order valence-corrected chi connectivity index (χ2v) is 4.07. The first-order chi connectivity index (χ1) is 9.61. The van der Waals surface area contributed by atoms with Crippen molar-refractivity contribution in [3.05, 3.63) is 52.1 Å². The van der Waals surface area contributed by atoms with Crippen molar-refractivity contribution in [2.75, 3.05) is 6.61 Å². The minimum Gasteiger partial charge on any atom is -0.485 e. The topological polar surface area (TPSA) is 94.0 Å². The summed E-state index contributed by atoms with van der Waals surface area (Å²) in [5, 5.41) is 19.7. The van der Waals surface area contributed by atoms with Crippen molar-refractivity contribution >= 4 is 5.69 Å². The van der Waals surface area contributed by atoms with Gasteiger partial charge >= 0.3 is 5.69 Å². The first-order valence-electron chi connectivity index (χ1n) is 5.91. The summed E-state index contributed by atoms with van der Waals surface area (Å²) in [5.41, 5.74) is 0.0286. The van der Waals surface area contributed by atoms with Gasteiger partial charge < -0.3 is 9.30 Å². The number of hydrogen-bond donors (Lipinski definition) is 0. The Labute approximate surface area is 115 Å². The highest BCUT2D eigenvalue weighted by Crippen LogP contribution is 2.27. The number of hydrogen-bond acceptors (Lipinski definition) is 5. The third-order valence-corrected chi connectivity index (χ3v) is 2.80. The zero-order valence-corrected chi connectivity index (χ0v) is 10.8. The van der Waals surface area contributed by atoms with Gasteiger partial charge in [0.05, 0.1) is 23.1 Å². The van der Waals surface area contributed by atoms with Gasteiger partial charge in [-0.1, -0.05) is 0 Å². The standard InChI is InChI=1S/C13H12N4O3/c1-10-15-4-5-16(10)6-7-20-13-3-2-11(9-14)8-12(13)17(18)19/h2-5,8H,6-7H2,1H3. The molecule has 1 aromatic heterocycles. The van der Waals surface area contributed by atoms with E-state index in [1.54, 1.807) is 6.20 Å². The van der Waals surface area contributed by atoms with Crippen LogP contribution in [-0.4, -0.2) is 21.1 Å². The Balaban J connectivity index is 2.08. The van der Waals surface area contributed by atoms with Gasteiger partial charge in [0.1, 0.15) is 12.4 Å². The van der Waals surface area contributed by atoms with Crippen molar-refractivity contribution in [1.82, 2.24) is 9.55 Å². The maximum atomic E-state index is 10.9. The molecule has 1 aromatic carbocycles. The molecule has 0 saturated heterocycles. The lowest BCUT2D eigenvalue weighted by Crippen LogP contribution is -2.09. The van der Waals surface area contributed by atoms with Gasteiger partial charge in [0.15, 0.2) is 5.75 Å². The Morgan fingerprint density at radius 2 is 2.35 bits per heavy atom. The number of rotatable bonds is 5. The first-order valence-corrected chi connectivity index (χ1v) is 5.91. The Kier molecular flexibility index (Phi) is 3.96. The van der Waals surface area contributed by atoms with Gasteiger partial charge in [-0.3, -0.25) is 10.1 Å². The SMILES string of the molecule is Cc1nccn1CCOc1ccc(C#N)cc1[N+](=O)[O-]. The molecule has 2 aromatic rings. The molecule has 0 amide bonds. The van der Waals surface area contributed by atoms with Gasteiger partial charge in [0.2, 0.25) is 0 Å². The summed E-state index contributed by atoms with van der Waals surface area (Å²) in [6.07, 6.45) is 3.49. The van der Waals surface area contributed by atoms with E-state index >= 15 is 0 Å². The number of nitro benzene ring substituents is 1. The fraction of sp³-hybridized carbons (Fsp3) is 0.231. The van der Waals surface area contributed by atoms with Crippen LogP contribution in [0.2, 0.25) is 0 Å². The van der Waals surface area contributed by atoms with Crippen molar-refractivity contribution < 1.29 is 9.66 Å². The maximum absolute atomic E-state index is 10.9. The lowest BCUT2D eigenvalue weighted by Gasteiger charge is -2.08. The summed E-state index contributed by atoms with van der Waals surface area (Å²) < 4.78 is 7.31. The van der Waals surface area contributed by atoms with E-state index in [2.05, 4.69) is 4.98 Å². The molecule has 0 spiro atoms. The summed E-state index contributed by atoms with van der Waals surface area (Å²) in [6, 6.07) is 6.00. The monoisotopic (exact) mass is 272 g/mol. The number of nitriles is 1.